The molecule has 218 valence electrons. The molecule has 4 aromatic rings. The van der Waals surface area contributed by atoms with E-state index in [4.69, 9.17) is 9.84 Å². The molecule has 4 rings (SSSR count). The van der Waals surface area contributed by atoms with Gasteiger partial charge in [-0.2, -0.15) is 0 Å². The van der Waals surface area contributed by atoms with Crippen molar-refractivity contribution in [3.05, 3.63) is 108 Å². The minimum atomic E-state index is -1.48. The maximum absolute atomic E-state index is 13.7. The van der Waals surface area contributed by atoms with Gasteiger partial charge in [-0.1, -0.05) is 78.9 Å². The highest BCUT2D eigenvalue weighted by Crippen LogP contribution is 2.23. The second-order valence-corrected chi connectivity index (χ2v) is 9.95. The normalized spacial score (nSPS) is 12.9. The summed E-state index contributed by atoms with van der Waals surface area (Å²) in [5.41, 5.74) is 1.73. The van der Waals surface area contributed by atoms with Crippen molar-refractivity contribution in [1.29, 1.82) is 0 Å². The first-order valence-electron chi connectivity index (χ1n) is 13.4. The molecule has 0 saturated heterocycles. The SMILES string of the molecule is C[C@](Cc1c[nH]c2ccccc12)(NC(=O)NCC(=O)O)C(=O)NC[C@H](NC(=O)OCc1ccccc1)c1ccccc1. The van der Waals surface area contributed by atoms with Gasteiger partial charge in [0.2, 0.25) is 5.91 Å². The molecular weight excluding hydrogens is 538 g/mol. The van der Waals surface area contributed by atoms with Gasteiger partial charge in [0.25, 0.3) is 0 Å². The number of benzene rings is 3. The van der Waals surface area contributed by atoms with Crippen LogP contribution in [0.4, 0.5) is 9.59 Å². The van der Waals surface area contributed by atoms with Gasteiger partial charge >= 0.3 is 18.1 Å². The molecule has 0 aliphatic rings. The minimum Gasteiger partial charge on any atom is -0.480 e. The van der Waals surface area contributed by atoms with Gasteiger partial charge in [-0.25, -0.2) is 9.59 Å². The number of ether oxygens (including phenoxy) is 1. The minimum absolute atomic E-state index is 0.00875. The first-order chi connectivity index (χ1) is 20.2. The quantitative estimate of drug-likeness (QED) is 0.152. The van der Waals surface area contributed by atoms with Gasteiger partial charge in [0, 0.05) is 30.1 Å². The van der Waals surface area contributed by atoms with Crippen molar-refractivity contribution in [2.45, 2.75) is 31.5 Å². The number of H-pyrrole nitrogens is 1. The van der Waals surface area contributed by atoms with Gasteiger partial charge in [0.15, 0.2) is 0 Å². The number of carbonyl (C=O) groups excluding carboxylic acids is 3. The summed E-state index contributed by atoms with van der Waals surface area (Å²) in [4.78, 5) is 53.1. The summed E-state index contributed by atoms with van der Waals surface area (Å²) in [6, 6.07) is 24.5. The van der Waals surface area contributed by atoms with E-state index in [9.17, 15) is 19.2 Å². The van der Waals surface area contributed by atoms with E-state index in [1.807, 2.05) is 84.9 Å². The molecule has 0 unspecified atom stereocenters. The number of aliphatic carboxylic acids is 1. The third kappa shape index (κ3) is 8.10. The molecule has 11 nitrogen and oxygen atoms in total. The monoisotopic (exact) mass is 571 g/mol. The van der Waals surface area contributed by atoms with E-state index in [2.05, 4.69) is 26.3 Å². The molecule has 3 aromatic carbocycles. The molecule has 0 aliphatic carbocycles. The lowest BCUT2D eigenvalue weighted by Crippen LogP contribution is -2.61. The molecule has 2 atom stereocenters. The maximum Gasteiger partial charge on any atom is 0.408 e. The predicted molar refractivity (Wildman–Crippen MR) is 157 cm³/mol. The zero-order valence-electron chi connectivity index (χ0n) is 23.1. The summed E-state index contributed by atoms with van der Waals surface area (Å²) in [5, 5.41) is 20.4. The van der Waals surface area contributed by atoms with E-state index in [1.54, 1.807) is 13.1 Å². The highest BCUT2D eigenvalue weighted by atomic mass is 16.5. The van der Waals surface area contributed by atoms with Gasteiger partial charge in [-0.3, -0.25) is 9.59 Å². The Kier molecular flexibility index (Phi) is 9.77. The lowest BCUT2D eigenvalue weighted by atomic mass is 9.91. The fourth-order valence-electron chi connectivity index (χ4n) is 4.53. The molecule has 0 bridgehead atoms. The smallest absolute Gasteiger partial charge is 0.408 e. The number of rotatable bonds is 12. The van der Waals surface area contributed by atoms with Gasteiger partial charge < -0.3 is 36.1 Å². The van der Waals surface area contributed by atoms with Crippen LogP contribution in [-0.4, -0.2) is 52.7 Å². The van der Waals surface area contributed by atoms with Crippen molar-refractivity contribution >= 4 is 34.9 Å². The molecule has 0 fully saturated rings. The number of alkyl carbamates (subject to hydrolysis) is 1. The summed E-state index contributed by atoms with van der Waals surface area (Å²) in [6.45, 7) is 1.02. The highest BCUT2D eigenvalue weighted by Gasteiger charge is 2.36. The van der Waals surface area contributed by atoms with Gasteiger partial charge in [0.05, 0.1) is 6.04 Å². The lowest BCUT2D eigenvalue weighted by Gasteiger charge is -2.30. The van der Waals surface area contributed by atoms with E-state index < -0.39 is 42.1 Å². The molecule has 1 heterocycles. The van der Waals surface area contributed by atoms with Crippen LogP contribution in [0.5, 0.6) is 0 Å². The van der Waals surface area contributed by atoms with Crippen LogP contribution < -0.4 is 21.3 Å². The van der Waals surface area contributed by atoms with Gasteiger partial charge in [-0.15, -0.1) is 0 Å². The number of hydrogen-bond acceptors (Lipinski definition) is 5. The number of para-hydroxylation sites is 1. The molecule has 6 N–H and O–H groups in total. The third-order valence-corrected chi connectivity index (χ3v) is 6.68. The Morgan fingerprint density at radius 3 is 2.29 bits per heavy atom. The Morgan fingerprint density at radius 1 is 0.905 bits per heavy atom. The van der Waals surface area contributed by atoms with Crippen LogP contribution >= 0.6 is 0 Å². The number of hydrogen-bond donors (Lipinski definition) is 6. The highest BCUT2D eigenvalue weighted by molar-refractivity contribution is 5.93. The number of aromatic amines is 1. The molecular formula is C31H33N5O6. The average molecular weight is 572 g/mol. The fourth-order valence-corrected chi connectivity index (χ4v) is 4.53. The van der Waals surface area contributed by atoms with E-state index >= 15 is 0 Å². The number of carbonyl (C=O) groups is 4. The largest absolute Gasteiger partial charge is 0.480 e. The predicted octanol–water partition coefficient (Wildman–Crippen LogP) is 3.64. The Hall–Kier alpha value is -5.32. The Balaban J connectivity index is 1.49. The van der Waals surface area contributed by atoms with Gasteiger partial charge in [0.1, 0.15) is 18.7 Å². The van der Waals surface area contributed by atoms with Crippen LogP contribution in [0.3, 0.4) is 0 Å². The molecule has 0 radical (unpaired) electrons. The van der Waals surface area contributed by atoms with Crippen molar-refractivity contribution in [3.63, 3.8) is 0 Å². The summed E-state index contributed by atoms with van der Waals surface area (Å²) in [7, 11) is 0. The molecule has 0 spiro atoms. The number of nitrogens with one attached hydrogen (secondary N) is 5. The Bertz CT molecular complexity index is 1520. The van der Waals surface area contributed by atoms with E-state index in [-0.39, 0.29) is 19.6 Å². The van der Waals surface area contributed by atoms with E-state index in [0.29, 0.717) is 0 Å². The van der Waals surface area contributed by atoms with Crippen molar-refractivity contribution < 1.29 is 29.0 Å². The van der Waals surface area contributed by atoms with E-state index in [0.717, 1.165) is 27.6 Å². The van der Waals surface area contributed by atoms with Gasteiger partial charge in [-0.05, 0) is 29.7 Å². The summed E-state index contributed by atoms with van der Waals surface area (Å²) in [5.74, 6) is -1.75. The molecule has 42 heavy (non-hydrogen) atoms. The van der Waals surface area contributed by atoms with Crippen LogP contribution in [-0.2, 0) is 27.4 Å². The fraction of sp³-hybridized carbons (Fsp3) is 0.226. The standard InChI is InChI=1S/C31H33N5O6/c1-31(36-29(40)34-19-27(37)38,16-23-17-32-25-15-9-8-14-24(23)25)28(39)33-18-26(22-12-6-3-7-13-22)35-30(41)42-20-21-10-4-2-5-11-21/h2-15,17,26,32H,16,18-20H2,1H3,(H,33,39)(H,35,41)(H,37,38)(H2,34,36,40)/t26-,31+/m0/s1. The Morgan fingerprint density at radius 2 is 1.57 bits per heavy atom. The number of fused-ring (bicyclic) bond motifs is 1. The Labute approximate surface area is 242 Å². The first-order valence-corrected chi connectivity index (χ1v) is 13.4. The van der Waals surface area contributed by atoms with Crippen LogP contribution in [0, 0.1) is 0 Å². The van der Waals surface area contributed by atoms with Crippen molar-refractivity contribution in [2.24, 2.45) is 0 Å². The second-order valence-electron chi connectivity index (χ2n) is 9.95. The molecule has 4 amide bonds. The van der Waals surface area contributed by atoms with Crippen LogP contribution in [0.25, 0.3) is 10.9 Å². The number of carboxylic acid groups (broad SMARTS) is 1. The molecule has 0 aliphatic heterocycles. The molecule has 0 saturated carbocycles. The summed E-state index contributed by atoms with van der Waals surface area (Å²) >= 11 is 0. The van der Waals surface area contributed by atoms with Crippen LogP contribution in [0.15, 0.2) is 91.1 Å². The summed E-state index contributed by atoms with van der Waals surface area (Å²) in [6.07, 6.45) is 1.21. The second kappa shape index (κ2) is 13.8. The maximum atomic E-state index is 13.7. The van der Waals surface area contributed by atoms with E-state index in [1.165, 1.54) is 0 Å². The number of aromatic nitrogens is 1. The van der Waals surface area contributed by atoms with Crippen LogP contribution in [0.1, 0.15) is 29.7 Å². The van der Waals surface area contributed by atoms with Crippen molar-refractivity contribution in [1.82, 2.24) is 26.3 Å². The summed E-state index contributed by atoms with van der Waals surface area (Å²) < 4.78 is 5.38. The van der Waals surface area contributed by atoms with Crippen molar-refractivity contribution in [2.75, 3.05) is 13.1 Å². The number of urea groups is 1. The lowest BCUT2D eigenvalue weighted by molar-refractivity contribution is -0.135. The molecule has 11 heteroatoms. The zero-order valence-corrected chi connectivity index (χ0v) is 23.1. The third-order valence-electron chi connectivity index (χ3n) is 6.68. The van der Waals surface area contributed by atoms with Crippen LogP contribution in [0.2, 0.25) is 0 Å². The number of amides is 4. The number of carboxylic acids is 1. The van der Waals surface area contributed by atoms with Crippen molar-refractivity contribution in [3.8, 4) is 0 Å². The topological polar surface area (TPSA) is 162 Å². The average Bonchev–Trinajstić information content (AvgIpc) is 3.40. The zero-order chi connectivity index (χ0) is 30.0. The first kappa shape index (κ1) is 29.7. The molecule has 1 aromatic heterocycles.